The smallest absolute Gasteiger partial charge is 0.192 e. The summed E-state index contributed by atoms with van der Waals surface area (Å²) in [5.41, 5.74) is 0.0454. The van der Waals surface area contributed by atoms with Gasteiger partial charge in [0.1, 0.15) is 4.21 Å². The highest BCUT2D eigenvalue weighted by Crippen LogP contribution is 2.42. The molecule has 2 unspecified atom stereocenters. The lowest BCUT2D eigenvalue weighted by molar-refractivity contribution is 0.297. The van der Waals surface area contributed by atoms with Gasteiger partial charge in [0, 0.05) is 6.04 Å². The summed E-state index contributed by atoms with van der Waals surface area (Å²) in [7, 11) is -1.32. The second-order valence-electron chi connectivity index (χ2n) is 5.31. The van der Waals surface area contributed by atoms with Crippen LogP contribution in [0.1, 0.15) is 26.7 Å². The zero-order valence-corrected chi connectivity index (χ0v) is 12.1. The molecule has 1 aromatic rings. The van der Waals surface area contributed by atoms with Crippen LogP contribution in [-0.2, 0) is 9.84 Å². The molecular formula is C12H19NO2S2. The molecule has 17 heavy (non-hydrogen) atoms. The van der Waals surface area contributed by atoms with E-state index in [2.05, 4.69) is 19.2 Å². The van der Waals surface area contributed by atoms with Gasteiger partial charge in [-0.2, -0.15) is 0 Å². The predicted octanol–water partition coefficient (Wildman–Crippen LogP) is 2.30. The molecule has 0 radical (unpaired) electrons. The van der Waals surface area contributed by atoms with E-state index in [0.29, 0.717) is 4.21 Å². The Labute approximate surface area is 107 Å². The molecule has 0 aliphatic heterocycles. The van der Waals surface area contributed by atoms with E-state index in [1.54, 1.807) is 12.1 Å². The number of nitrogens with one attached hydrogen (secondary N) is 1. The normalized spacial score (nSPS) is 28.4. The third kappa shape index (κ3) is 2.16. The van der Waals surface area contributed by atoms with Crippen LogP contribution >= 0.6 is 11.3 Å². The summed E-state index contributed by atoms with van der Waals surface area (Å²) in [5, 5.41) is 4.73. The van der Waals surface area contributed by atoms with E-state index in [1.807, 2.05) is 12.4 Å². The van der Waals surface area contributed by atoms with Crippen LogP contribution in [0.4, 0.5) is 0 Å². The van der Waals surface area contributed by atoms with Gasteiger partial charge >= 0.3 is 0 Å². The lowest BCUT2D eigenvalue weighted by atomic mass is 9.87. The molecule has 1 aliphatic carbocycles. The third-order valence-electron chi connectivity index (χ3n) is 3.77. The van der Waals surface area contributed by atoms with E-state index < -0.39 is 9.84 Å². The van der Waals surface area contributed by atoms with Gasteiger partial charge in [0.15, 0.2) is 9.84 Å². The molecule has 0 saturated heterocycles. The molecule has 0 spiro atoms. The maximum absolute atomic E-state index is 12.5. The monoisotopic (exact) mass is 273 g/mol. The molecule has 0 amide bonds. The summed E-state index contributed by atoms with van der Waals surface area (Å²) < 4.78 is 25.5. The highest BCUT2D eigenvalue weighted by molar-refractivity contribution is 7.94. The first-order valence-electron chi connectivity index (χ1n) is 5.84. The Balaban J connectivity index is 2.36. The van der Waals surface area contributed by atoms with Gasteiger partial charge in [0.05, 0.1) is 5.25 Å². The van der Waals surface area contributed by atoms with E-state index in [9.17, 15) is 8.42 Å². The lowest BCUT2D eigenvalue weighted by Crippen LogP contribution is -2.45. The van der Waals surface area contributed by atoms with Gasteiger partial charge < -0.3 is 5.32 Å². The average molecular weight is 273 g/mol. The summed E-state index contributed by atoms with van der Waals surface area (Å²) >= 11 is 1.31. The van der Waals surface area contributed by atoms with Crippen molar-refractivity contribution in [1.29, 1.82) is 0 Å². The van der Waals surface area contributed by atoms with Gasteiger partial charge in [-0.25, -0.2) is 8.42 Å². The van der Waals surface area contributed by atoms with Gasteiger partial charge in [0.2, 0.25) is 0 Å². The number of rotatable bonds is 3. The van der Waals surface area contributed by atoms with Crippen LogP contribution in [0.5, 0.6) is 0 Å². The van der Waals surface area contributed by atoms with Crippen molar-refractivity contribution < 1.29 is 8.42 Å². The first kappa shape index (κ1) is 13.1. The molecule has 5 heteroatoms. The highest BCUT2D eigenvalue weighted by Gasteiger charge is 2.47. The molecule has 1 saturated carbocycles. The van der Waals surface area contributed by atoms with Crippen molar-refractivity contribution in [1.82, 2.24) is 5.32 Å². The van der Waals surface area contributed by atoms with Gasteiger partial charge in [-0.3, -0.25) is 0 Å². The molecule has 1 N–H and O–H groups in total. The number of thiophene rings is 1. The quantitative estimate of drug-likeness (QED) is 0.919. The molecule has 96 valence electrons. The number of hydrogen-bond acceptors (Lipinski definition) is 4. The predicted molar refractivity (Wildman–Crippen MR) is 71.2 cm³/mol. The van der Waals surface area contributed by atoms with Gasteiger partial charge in [-0.15, -0.1) is 11.3 Å². The standard InChI is InChI=1S/C12H19NO2S2/c1-12(2)7-6-9(11(12)13-3)17(14,15)10-5-4-8-16-10/h4-5,8-9,11,13H,6-7H2,1-3H3. The van der Waals surface area contributed by atoms with Crippen molar-refractivity contribution in [2.24, 2.45) is 5.41 Å². The fourth-order valence-corrected chi connectivity index (χ4v) is 6.21. The van der Waals surface area contributed by atoms with E-state index in [4.69, 9.17) is 0 Å². The Bertz CT molecular complexity index is 477. The molecule has 0 bridgehead atoms. The second-order valence-corrected chi connectivity index (χ2v) is 8.65. The Kier molecular flexibility index (Phi) is 3.36. The summed E-state index contributed by atoms with van der Waals surface area (Å²) in [6.07, 6.45) is 1.70. The summed E-state index contributed by atoms with van der Waals surface area (Å²) in [6.45, 7) is 4.27. The van der Waals surface area contributed by atoms with Gasteiger partial charge in [0.25, 0.3) is 0 Å². The van der Waals surface area contributed by atoms with E-state index in [-0.39, 0.29) is 16.7 Å². The van der Waals surface area contributed by atoms with E-state index in [0.717, 1.165) is 12.8 Å². The van der Waals surface area contributed by atoms with Crippen molar-refractivity contribution in [2.45, 2.75) is 42.2 Å². The molecule has 1 aromatic heterocycles. The Morgan fingerprint density at radius 1 is 1.47 bits per heavy atom. The zero-order chi connectivity index (χ0) is 12.7. The van der Waals surface area contributed by atoms with Crippen LogP contribution in [0.2, 0.25) is 0 Å². The van der Waals surface area contributed by atoms with E-state index in [1.165, 1.54) is 11.3 Å². The highest BCUT2D eigenvalue weighted by atomic mass is 32.2. The molecular weight excluding hydrogens is 254 g/mol. The van der Waals surface area contributed by atoms with Crippen LogP contribution in [0.15, 0.2) is 21.7 Å². The fraction of sp³-hybridized carbons (Fsp3) is 0.667. The second kappa shape index (κ2) is 4.37. The van der Waals surface area contributed by atoms with Crippen molar-refractivity contribution >= 4 is 21.2 Å². The first-order chi connectivity index (χ1) is 7.89. The van der Waals surface area contributed by atoms with Crippen LogP contribution < -0.4 is 5.32 Å². The van der Waals surface area contributed by atoms with Crippen LogP contribution in [0.25, 0.3) is 0 Å². The van der Waals surface area contributed by atoms with Crippen molar-refractivity contribution in [3.63, 3.8) is 0 Å². The maximum atomic E-state index is 12.5. The molecule has 0 aromatic carbocycles. The van der Waals surface area contributed by atoms with Gasteiger partial charge in [-0.05, 0) is 36.8 Å². The van der Waals surface area contributed by atoms with Crippen LogP contribution in [-0.4, -0.2) is 26.8 Å². The topological polar surface area (TPSA) is 46.2 Å². The molecule has 1 heterocycles. The van der Waals surface area contributed by atoms with E-state index >= 15 is 0 Å². The Morgan fingerprint density at radius 3 is 2.71 bits per heavy atom. The van der Waals surface area contributed by atoms with Crippen molar-refractivity contribution in [2.75, 3.05) is 7.05 Å². The minimum Gasteiger partial charge on any atom is -0.315 e. The fourth-order valence-electron chi connectivity index (χ4n) is 2.83. The minimum atomic E-state index is -3.17. The molecule has 2 atom stereocenters. The molecule has 1 fully saturated rings. The third-order valence-corrected chi connectivity index (χ3v) is 7.42. The Hall–Kier alpha value is -0.390. The largest absolute Gasteiger partial charge is 0.315 e. The van der Waals surface area contributed by atoms with Gasteiger partial charge in [-0.1, -0.05) is 19.9 Å². The maximum Gasteiger partial charge on any atom is 0.192 e. The zero-order valence-electron chi connectivity index (χ0n) is 10.4. The number of sulfone groups is 1. The van der Waals surface area contributed by atoms with Crippen LogP contribution in [0, 0.1) is 5.41 Å². The summed E-state index contributed by atoms with van der Waals surface area (Å²) in [5.74, 6) is 0. The average Bonchev–Trinajstić information content (AvgIpc) is 2.84. The first-order valence-corrected chi connectivity index (χ1v) is 8.27. The Morgan fingerprint density at radius 2 is 2.18 bits per heavy atom. The molecule has 1 aliphatic rings. The lowest BCUT2D eigenvalue weighted by Gasteiger charge is -2.29. The van der Waals surface area contributed by atoms with Crippen molar-refractivity contribution in [3.8, 4) is 0 Å². The molecule has 2 rings (SSSR count). The minimum absolute atomic E-state index is 0.0367. The summed E-state index contributed by atoms with van der Waals surface area (Å²) in [4.78, 5) is 0. The van der Waals surface area contributed by atoms with Crippen LogP contribution in [0.3, 0.4) is 0 Å². The SMILES string of the molecule is CNC1C(S(=O)(=O)c2cccs2)CCC1(C)C. The number of hydrogen-bond donors (Lipinski definition) is 1. The molecule has 3 nitrogen and oxygen atoms in total. The van der Waals surface area contributed by atoms with Crippen molar-refractivity contribution in [3.05, 3.63) is 17.5 Å². The summed E-state index contributed by atoms with van der Waals surface area (Å²) in [6, 6.07) is 3.54.